The van der Waals surface area contributed by atoms with Crippen molar-refractivity contribution >= 4 is 5.91 Å². The molecule has 0 bridgehead atoms. The maximum atomic E-state index is 11.5. The van der Waals surface area contributed by atoms with Gasteiger partial charge in [0.15, 0.2) is 0 Å². The summed E-state index contributed by atoms with van der Waals surface area (Å²) in [5.74, 6) is 1.70. The summed E-state index contributed by atoms with van der Waals surface area (Å²) in [5, 5.41) is 4.02. The first kappa shape index (κ1) is 17.1. The number of hydrogen-bond acceptors (Lipinski definition) is 7. The Morgan fingerprint density at radius 1 is 1.35 bits per heavy atom. The molecule has 2 fully saturated rings. The lowest BCUT2D eigenvalue weighted by molar-refractivity contribution is -0.145. The Morgan fingerprint density at radius 2 is 2.19 bits per heavy atom. The van der Waals surface area contributed by atoms with Crippen molar-refractivity contribution < 1.29 is 14.1 Å². The fourth-order valence-corrected chi connectivity index (χ4v) is 3.98. The topological polar surface area (TPSA) is 94.2 Å². The van der Waals surface area contributed by atoms with Crippen molar-refractivity contribution in [3.63, 3.8) is 0 Å². The number of ether oxygens (including phenoxy) is 1. The van der Waals surface area contributed by atoms with E-state index in [-0.39, 0.29) is 11.5 Å². The summed E-state index contributed by atoms with van der Waals surface area (Å²) in [6.07, 6.45) is 9.36. The van der Waals surface area contributed by atoms with Gasteiger partial charge in [-0.1, -0.05) is 5.16 Å². The van der Waals surface area contributed by atoms with E-state index in [2.05, 4.69) is 20.1 Å². The van der Waals surface area contributed by atoms with Crippen molar-refractivity contribution in [2.75, 3.05) is 19.7 Å². The number of likely N-dealkylation sites (tertiary alicyclic amines) is 1. The standard InChI is InChI=1S/C18H23N5O3/c1-13(24)23-7-3-18(4-8-23)11-14(2-9-25-18)10-16-21-17(22-26-16)15-12-19-5-6-20-15/h5-6,12,14H,2-4,7-11H2,1H3. The van der Waals surface area contributed by atoms with Crippen LogP contribution in [0.2, 0.25) is 0 Å². The van der Waals surface area contributed by atoms with Crippen molar-refractivity contribution in [1.82, 2.24) is 25.0 Å². The second-order valence-corrected chi connectivity index (χ2v) is 7.20. The van der Waals surface area contributed by atoms with Gasteiger partial charge in [-0.25, -0.2) is 4.98 Å². The van der Waals surface area contributed by atoms with Crippen LogP contribution in [0.5, 0.6) is 0 Å². The first-order chi connectivity index (χ1) is 12.6. The summed E-state index contributed by atoms with van der Waals surface area (Å²) in [6.45, 7) is 3.93. The monoisotopic (exact) mass is 357 g/mol. The highest BCUT2D eigenvalue weighted by atomic mass is 16.5. The van der Waals surface area contributed by atoms with Crippen molar-refractivity contribution in [3.05, 3.63) is 24.5 Å². The molecular weight excluding hydrogens is 334 g/mol. The van der Waals surface area contributed by atoms with Crippen LogP contribution in [0.25, 0.3) is 11.5 Å². The van der Waals surface area contributed by atoms with Gasteiger partial charge in [0, 0.05) is 45.4 Å². The molecule has 0 aliphatic carbocycles. The Balaban J connectivity index is 1.39. The van der Waals surface area contributed by atoms with Crippen LogP contribution in [0.1, 0.15) is 38.5 Å². The average molecular weight is 357 g/mol. The SMILES string of the molecule is CC(=O)N1CCC2(CC1)CC(Cc1nc(-c3cnccn3)no1)CCO2. The third kappa shape index (κ3) is 3.60. The van der Waals surface area contributed by atoms with Crippen LogP contribution in [0, 0.1) is 5.92 Å². The summed E-state index contributed by atoms with van der Waals surface area (Å²) in [5.41, 5.74) is 0.505. The van der Waals surface area contributed by atoms with E-state index in [4.69, 9.17) is 9.26 Å². The predicted octanol–water partition coefficient (Wildman–Crippen LogP) is 1.88. The van der Waals surface area contributed by atoms with Gasteiger partial charge in [-0.2, -0.15) is 4.98 Å². The molecular formula is C18H23N5O3. The minimum atomic E-state index is -0.109. The second-order valence-electron chi connectivity index (χ2n) is 7.20. The molecule has 0 N–H and O–H groups in total. The van der Waals surface area contributed by atoms with Gasteiger partial charge in [0.1, 0.15) is 5.69 Å². The van der Waals surface area contributed by atoms with Gasteiger partial charge in [0.05, 0.1) is 11.8 Å². The molecule has 2 aliphatic rings. The van der Waals surface area contributed by atoms with Crippen LogP contribution in [0.15, 0.2) is 23.1 Å². The molecule has 26 heavy (non-hydrogen) atoms. The molecule has 1 unspecified atom stereocenters. The lowest BCUT2D eigenvalue weighted by Gasteiger charge is -2.46. The Labute approximate surface area is 152 Å². The Bertz CT molecular complexity index is 755. The van der Waals surface area contributed by atoms with E-state index in [1.807, 2.05) is 4.90 Å². The predicted molar refractivity (Wildman–Crippen MR) is 91.9 cm³/mol. The number of carbonyl (C=O) groups is 1. The number of amides is 1. The third-order valence-corrected chi connectivity index (χ3v) is 5.44. The molecule has 8 nitrogen and oxygen atoms in total. The van der Waals surface area contributed by atoms with Crippen molar-refractivity contribution in [2.24, 2.45) is 5.92 Å². The number of carbonyl (C=O) groups excluding carboxylic acids is 1. The molecule has 2 aromatic rings. The largest absolute Gasteiger partial charge is 0.375 e. The molecule has 2 saturated heterocycles. The maximum Gasteiger partial charge on any atom is 0.227 e. The van der Waals surface area contributed by atoms with Gasteiger partial charge >= 0.3 is 0 Å². The first-order valence-corrected chi connectivity index (χ1v) is 9.12. The van der Waals surface area contributed by atoms with E-state index < -0.39 is 0 Å². The Hall–Kier alpha value is -2.35. The minimum Gasteiger partial charge on any atom is -0.375 e. The van der Waals surface area contributed by atoms with E-state index >= 15 is 0 Å². The van der Waals surface area contributed by atoms with E-state index in [0.29, 0.717) is 23.3 Å². The molecule has 2 aliphatic heterocycles. The van der Waals surface area contributed by atoms with E-state index in [1.54, 1.807) is 25.5 Å². The Kier molecular flexibility index (Phi) is 4.67. The zero-order valence-electron chi connectivity index (χ0n) is 14.9. The molecule has 2 aromatic heterocycles. The number of rotatable bonds is 3. The third-order valence-electron chi connectivity index (χ3n) is 5.44. The highest BCUT2D eigenvalue weighted by Crippen LogP contribution is 2.38. The van der Waals surface area contributed by atoms with Crippen LogP contribution in [-0.2, 0) is 16.0 Å². The van der Waals surface area contributed by atoms with Crippen LogP contribution in [0.3, 0.4) is 0 Å². The summed E-state index contributed by atoms with van der Waals surface area (Å²) >= 11 is 0. The number of nitrogens with zero attached hydrogens (tertiary/aromatic N) is 5. The van der Waals surface area contributed by atoms with E-state index in [0.717, 1.165) is 51.8 Å². The number of hydrogen-bond donors (Lipinski definition) is 0. The van der Waals surface area contributed by atoms with Crippen LogP contribution in [0.4, 0.5) is 0 Å². The average Bonchev–Trinajstić information content (AvgIpc) is 3.11. The number of piperidine rings is 1. The summed E-state index contributed by atoms with van der Waals surface area (Å²) in [4.78, 5) is 26.2. The van der Waals surface area contributed by atoms with Crippen LogP contribution in [-0.4, -0.2) is 56.2 Å². The normalized spacial score (nSPS) is 22.5. The zero-order chi connectivity index (χ0) is 18.0. The smallest absolute Gasteiger partial charge is 0.227 e. The van der Waals surface area contributed by atoms with Gasteiger partial charge in [0.25, 0.3) is 0 Å². The highest BCUT2D eigenvalue weighted by molar-refractivity contribution is 5.73. The molecule has 1 atom stereocenters. The molecule has 138 valence electrons. The van der Waals surface area contributed by atoms with Gasteiger partial charge in [-0.3, -0.25) is 9.78 Å². The lowest BCUT2D eigenvalue weighted by atomic mass is 9.78. The molecule has 1 spiro atoms. The van der Waals surface area contributed by atoms with Crippen molar-refractivity contribution in [3.8, 4) is 11.5 Å². The molecule has 0 radical (unpaired) electrons. The van der Waals surface area contributed by atoms with Crippen molar-refractivity contribution in [2.45, 2.75) is 44.6 Å². The molecule has 4 rings (SSSR count). The molecule has 0 aromatic carbocycles. The van der Waals surface area contributed by atoms with Gasteiger partial charge in [0.2, 0.25) is 17.6 Å². The summed E-state index contributed by atoms with van der Waals surface area (Å²) in [7, 11) is 0. The molecule has 1 amide bonds. The maximum absolute atomic E-state index is 11.5. The van der Waals surface area contributed by atoms with Crippen LogP contribution < -0.4 is 0 Å². The fourth-order valence-electron chi connectivity index (χ4n) is 3.98. The summed E-state index contributed by atoms with van der Waals surface area (Å²) < 4.78 is 11.6. The van der Waals surface area contributed by atoms with Gasteiger partial charge in [-0.05, 0) is 31.6 Å². The zero-order valence-corrected chi connectivity index (χ0v) is 14.9. The van der Waals surface area contributed by atoms with E-state index in [1.165, 1.54) is 0 Å². The van der Waals surface area contributed by atoms with E-state index in [9.17, 15) is 4.79 Å². The van der Waals surface area contributed by atoms with Gasteiger partial charge in [-0.15, -0.1) is 0 Å². The second kappa shape index (κ2) is 7.11. The van der Waals surface area contributed by atoms with Gasteiger partial charge < -0.3 is 14.2 Å². The lowest BCUT2D eigenvalue weighted by Crippen LogP contribution is -2.50. The molecule has 8 heteroatoms. The fraction of sp³-hybridized carbons (Fsp3) is 0.611. The number of aromatic nitrogens is 4. The van der Waals surface area contributed by atoms with Crippen LogP contribution >= 0.6 is 0 Å². The highest BCUT2D eigenvalue weighted by Gasteiger charge is 2.41. The molecule has 4 heterocycles. The summed E-state index contributed by atoms with van der Waals surface area (Å²) in [6, 6.07) is 0. The first-order valence-electron chi connectivity index (χ1n) is 9.12. The Morgan fingerprint density at radius 3 is 2.92 bits per heavy atom. The minimum absolute atomic E-state index is 0.109. The quantitative estimate of drug-likeness (QED) is 0.827. The molecule has 0 saturated carbocycles. The van der Waals surface area contributed by atoms with Crippen molar-refractivity contribution in [1.29, 1.82) is 0 Å².